The third-order valence-electron chi connectivity index (χ3n) is 5.17. The molecule has 0 saturated carbocycles. The van der Waals surface area contributed by atoms with Crippen molar-refractivity contribution in [2.75, 3.05) is 0 Å². The fraction of sp³-hybridized carbons (Fsp3) is 0.226. The molecule has 0 atom stereocenters. The summed E-state index contributed by atoms with van der Waals surface area (Å²) in [7, 11) is 0. The molecular formula is C31H36O2. The zero-order valence-corrected chi connectivity index (χ0v) is 20.7. The smallest absolute Gasteiger partial charge is 0.115 e. The molecule has 0 spiro atoms. The molecule has 0 radical (unpaired) electrons. The van der Waals surface area contributed by atoms with Crippen molar-refractivity contribution in [2.24, 2.45) is 0 Å². The van der Waals surface area contributed by atoms with Gasteiger partial charge in [0, 0.05) is 0 Å². The van der Waals surface area contributed by atoms with Gasteiger partial charge in [-0.2, -0.15) is 0 Å². The number of rotatable bonds is 3. The maximum atomic E-state index is 9.56. The second-order valence-corrected chi connectivity index (χ2v) is 7.86. The second kappa shape index (κ2) is 12.5. The normalized spacial score (nSPS) is 9.88. The highest BCUT2D eigenvalue weighted by molar-refractivity contribution is 5.80. The Morgan fingerprint density at radius 1 is 0.485 bits per heavy atom. The van der Waals surface area contributed by atoms with Crippen LogP contribution in [0, 0.1) is 13.8 Å². The minimum atomic E-state index is 0.272. The van der Waals surface area contributed by atoms with Gasteiger partial charge in [-0.25, -0.2) is 0 Å². The van der Waals surface area contributed by atoms with Gasteiger partial charge in [0.2, 0.25) is 0 Å². The number of benzene rings is 4. The SMILES string of the molecule is CC.CCC.Cc1ccc(-c2ccc(O)cc2)cc1-c1cc(-c2ccc(O)cc2)ccc1C. The summed E-state index contributed by atoms with van der Waals surface area (Å²) in [6, 6.07) is 27.5. The summed E-state index contributed by atoms with van der Waals surface area (Å²) in [5.74, 6) is 0.544. The zero-order valence-electron chi connectivity index (χ0n) is 20.7. The number of hydrogen-bond donors (Lipinski definition) is 2. The Balaban J connectivity index is 0.000000714. The van der Waals surface area contributed by atoms with E-state index in [1.54, 1.807) is 24.3 Å². The molecule has 0 aliphatic rings. The van der Waals surface area contributed by atoms with E-state index in [1.165, 1.54) is 28.7 Å². The van der Waals surface area contributed by atoms with Crippen molar-refractivity contribution in [1.29, 1.82) is 0 Å². The Labute approximate surface area is 199 Å². The summed E-state index contributed by atoms with van der Waals surface area (Å²) in [6.07, 6.45) is 1.25. The van der Waals surface area contributed by atoms with Crippen LogP contribution in [-0.4, -0.2) is 10.2 Å². The molecule has 0 aliphatic heterocycles. The molecular weight excluding hydrogens is 404 g/mol. The molecule has 2 heteroatoms. The van der Waals surface area contributed by atoms with E-state index in [4.69, 9.17) is 0 Å². The molecule has 0 fully saturated rings. The minimum absolute atomic E-state index is 0.272. The van der Waals surface area contributed by atoms with Crippen molar-refractivity contribution >= 4 is 0 Å². The highest BCUT2D eigenvalue weighted by atomic mass is 16.3. The van der Waals surface area contributed by atoms with Crippen molar-refractivity contribution < 1.29 is 10.2 Å². The van der Waals surface area contributed by atoms with Crippen LogP contribution >= 0.6 is 0 Å². The Bertz CT molecular complexity index is 1050. The van der Waals surface area contributed by atoms with Crippen molar-refractivity contribution in [1.82, 2.24) is 0 Å². The minimum Gasteiger partial charge on any atom is -0.508 e. The van der Waals surface area contributed by atoms with E-state index in [-0.39, 0.29) is 11.5 Å². The van der Waals surface area contributed by atoms with Gasteiger partial charge in [0.15, 0.2) is 0 Å². The number of aryl methyl sites for hydroxylation is 2. The van der Waals surface area contributed by atoms with Gasteiger partial charge < -0.3 is 10.2 Å². The molecule has 0 amide bonds. The predicted octanol–water partition coefficient (Wildman–Crippen LogP) is 9.16. The number of aromatic hydroxyl groups is 2. The van der Waals surface area contributed by atoms with Gasteiger partial charge in [-0.1, -0.05) is 82.6 Å². The first-order valence-electron chi connectivity index (χ1n) is 11.7. The molecule has 0 bridgehead atoms. The summed E-state index contributed by atoms with van der Waals surface area (Å²) < 4.78 is 0. The van der Waals surface area contributed by atoms with Gasteiger partial charge in [0.1, 0.15) is 11.5 Å². The first-order chi connectivity index (χ1) is 15.9. The molecule has 172 valence electrons. The van der Waals surface area contributed by atoms with Crippen LogP contribution in [0.15, 0.2) is 84.9 Å². The van der Waals surface area contributed by atoms with Crippen LogP contribution in [0.4, 0.5) is 0 Å². The summed E-state index contributed by atoms with van der Waals surface area (Å²) in [5.41, 5.74) is 9.22. The monoisotopic (exact) mass is 440 g/mol. The lowest BCUT2D eigenvalue weighted by Crippen LogP contribution is -1.90. The molecule has 0 unspecified atom stereocenters. The van der Waals surface area contributed by atoms with E-state index in [1.807, 2.05) is 38.1 Å². The summed E-state index contributed by atoms with van der Waals surface area (Å²) in [4.78, 5) is 0. The largest absolute Gasteiger partial charge is 0.508 e. The van der Waals surface area contributed by atoms with Crippen molar-refractivity contribution in [3.63, 3.8) is 0 Å². The predicted molar refractivity (Wildman–Crippen MR) is 143 cm³/mol. The molecule has 33 heavy (non-hydrogen) atoms. The topological polar surface area (TPSA) is 40.5 Å². The maximum absolute atomic E-state index is 9.56. The quantitative estimate of drug-likeness (QED) is 0.333. The fourth-order valence-corrected chi connectivity index (χ4v) is 3.49. The van der Waals surface area contributed by atoms with Crippen LogP contribution in [0.3, 0.4) is 0 Å². The van der Waals surface area contributed by atoms with Crippen LogP contribution in [-0.2, 0) is 0 Å². The Hall–Kier alpha value is -3.52. The summed E-state index contributed by atoms with van der Waals surface area (Å²) in [6.45, 7) is 12.5. The van der Waals surface area contributed by atoms with Gasteiger partial charge in [-0.05, 0) is 94.8 Å². The molecule has 2 nitrogen and oxygen atoms in total. The van der Waals surface area contributed by atoms with E-state index in [2.05, 4.69) is 64.1 Å². The van der Waals surface area contributed by atoms with E-state index in [0.717, 1.165) is 22.3 Å². The summed E-state index contributed by atoms with van der Waals surface area (Å²) >= 11 is 0. The van der Waals surface area contributed by atoms with Crippen LogP contribution in [0.2, 0.25) is 0 Å². The van der Waals surface area contributed by atoms with Crippen LogP contribution in [0.25, 0.3) is 33.4 Å². The maximum Gasteiger partial charge on any atom is 0.115 e. The molecule has 0 aliphatic carbocycles. The van der Waals surface area contributed by atoms with E-state index in [0.29, 0.717) is 0 Å². The van der Waals surface area contributed by atoms with Gasteiger partial charge in [-0.15, -0.1) is 0 Å². The Kier molecular flexibility index (Phi) is 9.75. The van der Waals surface area contributed by atoms with Gasteiger partial charge in [-0.3, -0.25) is 0 Å². The van der Waals surface area contributed by atoms with Crippen molar-refractivity contribution in [2.45, 2.75) is 48.0 Å². The molecule has 4 rings (SSSR count). The van der Waals surface area contributed by atoms with E-state index < -0.39 is 0 Å². The lowest BCUT2D eigenvalue weighted by Gasteiger charge is -2.14. The number of hydrogen-bond acceptors (Lipinski definition) is 2. The first kappa shape index (κ1) is 25.7. The lowest BCUT2D eigenvalue weighted by atomic mass is 9.90. The average Bonchev–Trinajstić information content (AvgIpc) is 2.83. The Morgan fingerprint density at radius 3 is 1.06 bits per heavy atom. The second-order valence-electron chi connectivity index (χ2n) is 7.86. The van der Waals surface area contributed by atoms with Gasteiger partial charge >= 0.3 is 0 Å². The standard InChI is InChI=1S/C26H22O2.C3H8.C2H6/c1-17-3-5-21(19-7-11-23(27)12-8-19)15-25(17)26-16-22(6-4-18(26)2)20-9-13-24(28)14-10-20;1-3-2;1-2/h3-16,27-28H,1-2H3;3H2,1-2H3;1-2H3. The van der Waals surface area contributed by atoms with Gasteiger partial charge in [0.05, 0.1) is 0 Å². The highest BCUT2D eigenvalue weighted by Gasteiger charge is 2.10. The van der Waals surface area contributed by atoms with Crippen LogP contribution < -0.4 is 0 Å². The van der Waals surface area contributed by atoms with Crippen molar-refractivity contribution in [3.8, 4) is 44.9 Å². The molecule has 4 aromatic carbocycles. The third kappa shape index (κ3) is 6.73. The molecule has 0 saturated heterocycles. The Morgan fingerprint density at radius 2 is 0.758 bits per heavy atom. The number of phenolic OH excluding ortho intramolecular Hbond substituents is 2. The number of phenols is 2. The highest BCUT2D eigenvalue weighted by Crippen LogP contribution is 2.34. The lowest BCUT2D eigenvalue weighted by molar-refractivity contribution is 0.475. The van der Waals surface area contributed by atoms with Crippen LogP contribution in [0.5, 0.6) is 11.5 Å². The molecule has 0 aromatic heterocycles. The summed E-state index contributed by atoms with van der Waals surface area (Å²) in [5, 5.41) is 19.1. The van der Waals surface area contributed by atoms with Gasteiger partial charge in [0.25, 0.3) is 0 Å². The van der Waals surface area contributed by atoms with Crippen LogP contribution in [0.1, 0.15) is 45.2 Å². The third-order valence-corrected chi connectivity index (χ3v) is 5.17. The zero-order chi connectivity index (χ0) is 24.4. The average molecular weight is 441 g/mol. The molecule has 2 N–H and O–H groups in total. The van der Waals surface area contributed by atoms with E-state index in [9.17, 15) is 10.2 Å². The van der Waals surface area contributed by atoms with E-state index >= 15 is 0 Å². The molecule has 4 aromatic rings. The molecule has 0 heterocycles. The van der Waals surface area contributed by atoms with Crippen molar-refractivity contribution in [3.05, 3.63) is 96.1 Å². The fourth-order valence-electron chi connectivity index (χ4n) is 3.49. The first-order valence-corrected chi connectivity index (χ1v) is 11.7.